The predicted molar refractivity (Wildman–Crippen MR) is 96.4 cm³/mol. The van der Waals surface area contributed by atoms with E-state index in [0.29, 0.717) is 12.2 Å². The number of halogens is 1. The van der Waals surface area contributed by atoms with Crippen LogP contribution in [0, 0.1) is 6.92 Å². The van der Waals surface area contributed by atoms with Gasteiger partial charge in [-0.25, -0.2) is 5.01 Å². The van der Waals surface area contributed by atoms with Crippen molar-refractivity contribution in [1.29, 1.82) is 0 Å². The summed E-state index contributed by atoms with van der Waals surface area (Å²) in [6.45, 7) is 1.89. The van der Waals surface area contributed by atoms with Gasteiger partial charge < -0.3 is 8.83 Å². The lowest BCUT2D eigenvalue weighted by atomic mass is 10.0. The summed E-state index contributed by atoms with van der Waals surface area (Å²) in [6, 6.07) is 14.8. The lowest BCUT2D eigenvalue weighted by Crippen LogP contribution is -2.26. The van der Waals surface area contributed by atoms with Crippen molar-refractivity contribution in [3.8, 4) is 0 Å². The molecule has 1 amide bonds. The normalized spacial score (nSPS) is 17.0. The average molecular weight is 399 g/mol. The second-order valence-electron chi connectivity index (χ2n) is 5.86. The summed E-state index contributed by atoms with van der Waals surface area (Å²) in [6.07, 6.45) is 2.07. The van der Waals surface area contributed by atoms with Crippen molar-refractivity contribution in [1.82, 2.24) is 5.01 Å². The van der Waals surface area contributed by atoms with Crippen LogP contribution in [0.2, 0.25) is 0 Å². The van der Waals surface area contributed by atoms with Crippen LogP contribution in [0.15, 0.2) is 73.2 Å². The lowest BCUT2D eigenvalue weighted by Gasteiger charge is -2.21. The van der Waals surface area contributed by atoms with E-state index in [-0.39, 0.29) is 17.7 Å². The van der Waals surface area contributed by atoms with Crippen molar-refractivity contribution in [3.63, 3.8) is 0 Å². The number of hydrogen-bond acceptors (Lipinski definition) is 4. The summed E-state index contributed by atoms with van der Waals surface area (Å²) in [5.41, 5.74) is 1.76. The summed E-state index contributed by atoms with van der Waals surface area (Å²) in [4.78, 5) is 12.8. The Morgan fingerprint density at radius 1 is 1.20 bits per heavy atom. The molecule has 1 aliphatic rings. The molecule has 0 aliphatic carbocycles. The van der Waals surface area contributed by atoms with Gasteiger partial charge in [-0.05, 0) is 48.9 Å². The van der Waals surface area contributed by atoms with Gasteiger partial charge in [0, 0.05) is 10.9 Å². The molecule has 2 aromatic heterocycles. The highest BCUT2D eigenvalue weighted by molar-refractivity contribution is 9.10. The first-order chi connectivity index (χ1) is 12.1. The molecule has 0 unspecified atom stereocenters. The summed E-state index contributed by atoms with van der Waals surface area (Å²) < 4.78 is 11.9. The third-order valence-corrected chi connectivity index (χ3v) is 4.66. The second kappa shape index (κ2) is 6.37. The van der Waals surface area contributed by atoms with Crippen molar-refractivity contribution < 1.29 is 13.6 Å². The van der Waals surface area contributed by atoms with Crippen LogP contribution in [0.4, 0.5) is 0 Å². The zero-order chi connectivity index (χ0) is 17.4. The second-order valence-corrected chi connectivity index (χ2v) is 6.77. The summed E-state index contributed by atoms with van der Waals surface area (Å²) in [5, 5.41) is 6.02. The predicted octanol–water partition coefficient (Wildman–Crippen LogP) is 4.94. The minimum atomic E-state index is -0.267. The van der Waals surface area contributed by atoms with Gasteiger partial charge in [-0.2, -0.15) is 5.10 Å². The number of amides is 1. The Morgan fingerprint density at radius 3 is 2.64 bits per heavy atom. The monoisotopic (exact) mass is 398 g/mol. The van der Waals surface area contributed by atoms with Gasteiger partial charge in [-0.1, -0.05) is 28.1 Å². The molecule has 6 heteroatoms. The Labute approximate surface area is 153 Å². The van der Waals surface area contributed by atoms with Gasteiger partial charge in [0.25, 0.3) is 0 Å². The number of carbonyl (C=O) groups excluding carboxylic acids is 1. The number of aryl methyl sites for hydroxylation is 1. The highest BCUT2D eigenvalue weighted by Gasteiger charge is 2.35. The van der Waals surface area contributed by atoms with Crippen LogP contribution in [-0.2, 0) is 0 Å². The maximum atomic E-state index is 12.8. The maximum absolute atomic E-state index is 12.8. The third-order valence-electron chi connectivity index (χ3n) is 4.13. The molecule has 0 fully saturated rings. The molecule has 1 aliphatic heterocycles. The first-order valence-corrected chi connectivity index (χ1v) is 8.68. The summed E-state index contributed by atoms with van der Waals surface area (Å²) in [7, 11) is 0. The third kappa shape index (κ3) is 3.05. The molecule has 0 spiro atoms. The molecule has 5 nitrogen and oxygen atoms in total. The standard InChI is InChI=1S/C19H15BrN2O3/c1-12-4-9-17(25-12)15-11-16(13-5-7-14(20)8-6-13)22(21-15)19(23)18-3-2-10-24-18/h2-10,16H,11H2,1H3/t16-/m0/s1. The van der Waals surface area contributed by atoms with Crippen molar-refractivity contribution >= 4 is 27.5 Å². The van der Waals surface area contributed by atoms with Crippen LogP contribution in [-0.4, -0.2) is 16.6 Å². The summed E-state index contributed by atoms with van der Waals surface area (Å²) >= 11 is 3.44. The fourth-order valence-electron chi connectivity index (χ4n) is 2.89. The fourth-order valence-corrected chi connectivity index (χ4v) is 3.16. The van der Waals surface area contributed by atoms with Crippen molar-refractivity contribution in [2.75, 3.05) is 0 Å². The van der Waals surface area contributed by atoms with Crippen LogP contribution in [0.5, 0.6) is 0 Å². The zero-order valence-electron chi connectivity index (χ0n) is 13.5. The first-order valence-electron chi connectivity index (χ1n) is 7.88. The molecule has 126 valence electrons. The quantitative estimate of drug-likeness (QED) is 0.627. The number of benzene rings is 1. The van der Waals surface area contributed by atoms with Crippen LogP contribution in [0.1, 0.15) is 40.1 Å². The van der Waals surface area contributed by atoms with E-state index in [1.807, 2.05) is 43.3 Å². The SMILES string of the molecule is Cc1ccc(C2=NN(C(=O)c3ccco3)[C@H](c3ccc(Br)cc3)C2)o1. The van der Waals surface area contributed by atoms with Crippen molar-refractivity contribution in [2.24, 2.45) is 5.10 Å². The highest BCUT2D eigenvalue weighted by atomic mass is 79.9. The molecular weight excluding hydrogens is 384 g/mol. The van der Waals surface area contributed by atoms with Crippen LogP contribution >= 0.6 is 15.9 Å². The van der Waals surface area contributed by atoms with Crippen molar-refractivity contribution in [2.45, 2.75) is 19.4 Å². The van der Waals surface area contributed by atoms with E-state index in [2.05, 4.69) is 21.0 Å². The van der Waals surface area contributed by atoms with Gasteiger partial charge in [0.05, 0.1) is 12.3 Å². The Bertz CT molecular complexity index is 926. The molecule has 0 saturated carbocycles. The maximum Gasteiger partial charge on any atom is 0.310 e. The van der Waals surface area contributed by atoms with E-state index >= 15 is 0 Å². The molecule has 0 bridgehead atoms. The Morgan fingerprint density at radius 2 is 2.00 bits per heavy atom. The molecule has 4 rings (SSSR count). The number of rotatable bonds is 3. The zero-order valence-corrected chi connectivity index (χ0v) is 15.1. The van der Waals surface area contributed by atoms with E-state index in [9.17, 15) is 4.79 Å². The molecular formula is C19H15BrN2O3. The van der Waals surface area contributed by atoms with Gasteiger partial charge in [-0.3, -0.25) is 4.79 Å². The number of carbonyl (C=O) groups is 1. The lowest BCUT2D eigenvalue weighted by molar-refractivity contribution is 0.0678. The molecule has 1 atom stereocenters. The van der Waals surface area contributed by atoms with Crippen LogP contribution in [0.3, 0.4) is 0 Å². The number of hydrazone groups is 1. The fraction of sp³-hybridized carbons (Fsp3) is 0.158. The van der Waals surface area contributed by atoms with E-state index < -0.39 is 0 Å². The van der Waals surface area contributed by atoms with E-state index in [1.54, 1.807) is 12.1 Å². The van der Waals surface area contributed by atoms with Gasteiger partial charge >= 0.3 is 5.91 Å². The molecule has 0 radical (unpaired) electrons. The van der Waals surface area contributed by atoms with E-state index in [0.717, 1.165) is 21.5 Å². The van der Waals surface area contributed by atoms with E-state index in [4.69, 9.17) is 8.83 Å². The van der Waals surface area contributed by atoms with Gasteiger partial charge in [0.15, 0.2) is 5.76 Å². The topological polar surface area (TPSA) is 59.0 Å². The minimum Gasteiger partial charge on any atom is -0.460 e. The molecule has 25 heavy (non-hydrogen) atoms. The molecule has 3 heterocycles. The van der Waals surface area contributed by atoms with Gasteiger partial charge in [-0.15, -0.1) is 0 Å². The number of nitrogens with zero attached hydrogens (tertiary/aromatic N) is 2. The minimum absolute atomic E-state index is 0.203. The number of hydrogen-bond donors (Lipinski definition) is 0. The first kappa shape index (κ1) is 15.9. The van der Waals surface area contributed by atoms with Gasteiger partial charge in [0.2, 0.25) is 0 Å². The average Bonchev–Trinajstić information content (AvgIpc) is 3.35. The highest BCUT2D eigenvalue weighted by Crippen LogP contribution is 2.34. The smallest absolute Gasteiger partial charge is 0.310 e. The number of furan rings is 2. The molecule has 1 aromatic carbocycles. The van der Waals surface area contributed by atoms with Gasteiger partial charge in [0.1, 0.15) is 17.2 Å². The Kier molecular flexibility index (Phi) is 4.05. The Hall–Kier alpha value is -2.60. The largest absolute Gasteiger partial charge is 0.460 e. The molecule has 0 N–H and O–H groups in total. The Balaban J connectivity index is 1.72. The van der Waals surface area contributed by atoms with Crippen LogP contribution in [0.25, 0.3) is 0 Å². The summed E-state index contributed by atoms with van der Waals surface area (Å²) in [5.74, 6) is 1.50. The van der Waals surface area contributed by atoms with Crippen LogP contribution < -0.4 is 0 Å². The molecule has 0 saturated heterocycles. The van der Waals surface area contributed by atoms with Crippen molar-refractivity contribution in [3.05, 3.63) is 82.1 Å². The molecule has 3 aromatic rings. The van der Waals surface area contributed by atoms with E-state index in [1.165, 1.54) is 11.3 Å².